The second kappa shape index (κ2) is 6.60. The van der Waals surface area contributed by atoms with E-state index in [1.165, 1.54) is 12.8 Å². The van der Waals surface area contributed by atoms with Crippen LogP contribution in [-0.2, 0) is 0 Å². The molecule has 6 heteroatoms. The lowest BCUT2D eigenvalue weighted by Crippen LogP contribution is -2.45. The molecule has 3 heterocycles. The zero-order chi connectivity index (χ0) is 15.5. The van der Waals surface area contributed by atoms with E-state index in [4.69, 9.17) is 5.73 Å². The summed E-state index contributed by atoms with van der Waals surface area (Å²) in [6.07, 6.45) is 4.52. The third kappa shape index (κ3) is 3.21. The maximum atomic E-state index is 12.6. The van der Waals surface area contributed by atoms with Gasteiger partial charge in [0.05, 0.1) is 0 Å². The summed E-state index contributed by atoms with van der Waals surface area (Å²) in [7, 11) is 0. The highest BCUT2D eigenvalue weighted by Gasteiger charge is 2.27. The van der Waals surface area contributed by atoms with Crippen molar-refractivity contribution in [2.75, 3.05) is 31.1 Å². The van der Waals surface area contributed by atoms with E-state index in [0.29, 0.717) is 11.6 Å². The van der Waals surface area contributed by atoms with Crippen LogP contribution in [0.2, 0.25) is 0 Å². The van der Waals surface area contributed by atoms with Gasteiger partial charge in [-0.25, -0.2) is 0 Å². The molecular formula is C16H25N5O. The van der Waals surface area contributed by atoms with Crippen LogP contribution in [-0.4, -0.2) is 53.2 Å². The number of hydrogen-bond donors (Lipinski definition) is 1. The minimum Gasteiger partial charge on any atom is -0.355 e. The Hall–Kier alpha value is -1.69. The molecule has 2 saturated heterocycles. The number of amides is 1. The van der Waals surface area contributed by atoms with Gasteiger partial charge in [0.1, 0.15) is 0 Å². The van der Waals surface area contributed by atoms with E-state index in [-0.39, 0.29) is 11.9 Å². The van der Waals surface area contributed by atoms with Crippen molar-refractivity contribution in [1.29, 1.82) is 0 Å². The van der Waals surface area contributed by atoms with Crippen LogP contribution in [0.25, 0.3) is 0 Å². The van der Waals surface area contributed by atoms with Crippen molar-refractivity contribution in [2.24, 2.45) is 11.7 Å². The van der Waals surface area contributed by atoms with Crippen LogP contribution >= 0.6 is 0 Å². The zero-order valence-corrected chi connectivity index (χ0v) is 13.2. The van der Waals surface area contributed by atoms with E-state index in [0.717, 1.165) is 44.8 Å². The van der Waals surface area contributed by atoms with Crippen LogP contribution in [0.15, 0.2) is 12.1 Å². The van der Waals surface area contributed by atoms with Gasteiger partial charge in [-0.05, 0) is 50.7 Å². The van der Waals surface area contributed by atoms with E-state index in [1.807, 2.05) is 17.9 Å². The van der Waals surface area contributed by atoms with E-state index < -0.39 is 0 Å². The van der Waals surface area contributed by atoms with Crippen LogP contribution in [0.3, 0.4) is 0 Å². The molecule has 2 aliphatic rings. The fourth-order valence-corrected chi connectivity index (χ4v) is 3.34. The van der Waals surface area contributed by atoms with E-state index in [9.17, 15) is 4.79 Å². The number of carbonyl (C=O) groups excluding carboxylic acids is 1. The van der Waals surface area contributed by atoms with Gasteiger partial charge in [0.25, 0.3) is 5.91 Å². The van der Waals surface area contributed by atoms with E-state index >= 15 is 0 Å². The summed E-state index contributed by atoms with van der Waals surface area (Å²) in [5.74, 6) is 1.24. The van der Waals surface area contributed by atoms with Crippen LogP contribution < -0.4 is 10.6 Å². The predicted octanol–water partition coefficient (Wildman–Crippen LogP) is 1.28. The quantitative estimate of drug-likeness (QED) is 0.910. The second-order valence-electron chi connectivity index (χ2n) is 6.48. The number of aromatic nitrogens is 2. The first kappa shape index (κ1) is 15.2. The van der Waals surface area contributed by atoms with Gasteiger partial charge in [-0.3, -0.25) is 4.79 Å². The van der Waals surface area contributed by atoms with Crippen LogP contribution in [0.4, 0.5) is 5.82 Å². The molecule has 1 amide bonds. The third-order valence-corrected chi connectivity index (χ3v) is 4.79. The lowest BCUT2D eigenvalue weighted by molar-refractivity contribution is 0.0654. The van der Waals surface area contributed by atoms with Crippen LogP contribution in [0, 0.1) is 5.92 Å². The van der Waals surface area contributed by atoms with Crippen LogP contribution in [0.1, 0.15) is 43.1 Å². The number of anilines is 1. The smallest absolute Gasteiger partial charge is 0.274 e. The Bertz CT molecular complexity index is 510. The molecule has 0 saturated carbocycles. The highest BCUT2D eigenvalue weighted by molar-refractivity contribution is 5.92. The maximum Gasteiger partial charge on any atom is 0.274 e. The minimum atomic E-state index is -0.0224. The fourth-order valence-electron chi connectivity index (χ4n) is 3.34. The molecule has 22 heavy (non-hydrogen) atoms. The number of hydrogen-bond acceptors (Lipinski definition) is 5. The van der Waals surface area contributed by atoms with Crippen molar-refractivity contribution in [2.45, 2.75) is 38.6 Å². The molecule has 3 rings (SSSR count). The molecule has 2 N–H and O–H groups in total. The van der Waals surface area contributed by atoms with Gasteiger partial charge in [0.15, 0.2) is 11.5 Å². The molecule has 6 nitrogen and oxygen atoms in total. The van der Waals surface area contributed by atoms with Crippen molar-refractivity contribution in [1.82, 2.24) is 15.1 Å². The summed E-state index contributed by atoms with van der Waals surface area (Å²) < 4.78 is 0. The largest absolute Gasteiger partial charge is 0.355 e. The molecule has 0 spiro atoms. The molecule has 2 atom stereocenters. The molecule has 2 fully saturated rings. The summed E-state index contributed by atoms with van der Waals surface area (Å²) >= 11 is 0. The molecular weight excluding hydrogens is 278 g/mol. The van der Waals surface area contributed by atoms with Gasteiger partial charge in [0, 0.05) is 32.2 Å². The Labute approximate surface area is 131 Å². The Morgan fingerprint density at radius 3 is 2.64 bits per heavy atom. The van der Waals surface area contributed by atoms with Crippen molar-refractivity contribution < 1.29 is 4.79 Å². The van der Waals surface area contributed by atoms with Crippen molar-refractivity contribution >= 4 is 11.7 Å². The summed E-state index contributed by atoms with van der Waals surface area (Å²) in [5, 5.41) is 8.39. The summed E-state index contributed by atoms with van der Waals surface area (Å²) in [5.41, 5.74) is 6.42. The molecule has 0 radical (unpaired) electrons. The number of piperidine rings is 1. The number of nitrogens with zero attached hydrogens (tertiary/aromatic N) is 4. The third-order valence-electron chi connectivity index (χ3n) is 4.79. The molecule has 120 valence electrons. The topological polar surface area (TPSA) is 75.3 Å². The van der Waals surface area contributed by atoms with E-state index in [1.54, 1.807) is 6.07 Å². The lowest BCUT2D eigenvalue weighted by Gasteiger charge is -2.34. The zero-order valence-electron chi connectivity index (χ0n) is 13.2. The SMILES string of the molecule is CC(N)C1CCCN(C(=O)c2ccc(N3CCCC3)nn2)C1. The fraction of sp³-hybridized carbons (Fsp3) is 0.688. The minimum absolute atomic E-state index is 0.0224. The van der Waals surface area contributed by atoms with Crippen molar-refractivity contribution in [3.63, 3.8) is 0 Å². The van der Waals surface area contributed by atoms with Crippen LogP contribution in [0.5, 0.6) is 0 Å². The summed E-state index contributed by atoms with van der Waals surface area (Å²) in [6.45, 7) is 5.60. The Kier molecular flexibility index (Phi) is 4.57. The Morgan fingerprint density at radius 2 is 2.00 bits per heavy atom. The molecule has 0 aliphatic carbocycles. The first-order chi connectivity index (χ1) is 10.6. The van der Waals surface area contributed by atoms with Crippen molar-refractivity contribution in [3.05, 3.63) is 17.8 Å². The lowest BCUT2D eigenvalue weighted by atomic mass is 9.92. The Morgan fingerprint density at radius 1 is 1.23 bits per heavy atom. The molecule has 1 aromatic heterocycles. The summed E-state index contributed by atoms with van der Waals surface area (Å²) in [6, 6.07) is 3.84. The average molecular weight is 303 g/mol. The number of carbonyl (C=O) groups is 1. The normalized spacial score (nSPS) is 23.6. The molecule has 0 aromatic carbocycles. The van der Waals surface area contributed by atoms with Gasteiger partial charge < -0.3 is 15.5 Å². The molecule has 1 aromatic rings. The number of rotatable bonds is 3. The van der Waals surface area contributed by atoms with Crippen molar-refractivity contribution in [3.8, 4) is 0 Å². The maximum absolute atomic E-state index is 12.6. The number of nitrogens with two attached hydrogens (primary N) is 1. The average Bonchev–Trinajstić information content (AvgIpc) is 3.09. The van der Waals surface area contributed by atoms with Gasteiger partial charge in [-0.1, -0.05) is 0 Å². The highest BCUT2D eigenvalue weighted by atomic mass is 16.2. The highest BCUT2D eigenvalue weighted by Crippen LogP contribution is 2.21. The monoisotopic (exact) mass is 303 g/mol. The molecule has 2 aliphatic heterocycles. The Balaban J connectivity index is 1.66. The van der Waals surface area contributed by atoms with Gasteiger partial charge in [-0.2, -0.15) is 0 Å². The van der Waals surface area contributed by atoms with Gasteiger partial charge >= 0.3 is 0 Å². The first-order valence-electron chi connectivity index (χ1n) is 8.28. The number of likely N-dealkylation sites (tertiary alicyclic amines) is 1. The first-order valence-corrected chi connectivity index (χ1v) is 8.28. The predicted molar refractivity (Wildman–Crippen MR) is 85.8 cm³/mol. The van der Waals surface area contributed by atoms with Gasteiger partial charge in [-0.15, -0.1) is 10.2 Å². The summed E-state index contributed by atoms with van der Waals surface area (Å²) in [4.78, 5) is 16.7. The molecule has 2 unspecified atom stereocenters. The molecule has 0 bridgehead atoms. The standard InChI is InChI=1S/C16H25N5O/c1-12(17)13-5-4-10-21(11-13)16(22)14-6-7-15(19-18-14)20-8-2-3-9-20/h6-7,12-13H,2-5,8-11,17H2,1H3. The second-order valence-corrected chi connectivity index (χ2v) is 6.48. The van der Waals surface area contributed by atoms with Gasteiger partial charge in [0.2, 0.25) is 0 Å². The van der Waals surface area contributed by atoms with E-state index in [2.05, 4.69) is 15.1 Å².